The number of thioether (sulfide) groups is 2. The Balaban J connectivity index is 5.67. The monoisotopic (exact) mass is 845 g/mol. The first kappa shape index (κ1) is 55.2. The minimum atomic E-state index is -1.92. The second kappa shape index (κ2) is 34.0. The van der Waals surface area contributed by atoms with Crippen molar-refractivity contribution in [3.05, 3.63) is 0 Å². The van der Waals surface area contributed by atoms with Crippen molar-refractivity contribution < 1.29 is 60.7 Å². The summed E-state index contributed by atoms with van der Waals surface area (Å²) in [5.74, 6) is -0.239. The molecule has 334 valence electrons. The maximum atomic E-state index is 13.3. The van der Waals surface area contributed by atoms with Gasteiger partial charge in [0.1, 0.15) is 59.6 Å². The fourth-order valence-corrected chi connectivity index (χ4v) is 9.09. The van der Waals surface area contributed by atoms with E-state index in [1.807, 2.05) is 0 Å². The van der Waals surface area contributed by atoms with E-state index in [4.69, 9.17) is 0 Å². The average Bonchev–Trinajstić information content (AvgIpc) is 3.20. The van der Waals surface area contributed by atoms with E-state index in [-0.39, 0.29) is 36.2 Å². The van der Waals surface area contributed by atoms with Gasteiger partial charge in [-0.15, -0.1) is 23.5 Å². The first-order valence-electron chi connectivity index (χ1n) is 21.1. The smallest absolute Gasteiger partial charge is 0.223 e. The molecule has 0 spiro atoms. The van der Waals surface area contributed by atoms with Gasteiger partial charge >= 0.3 is 0 Å². The molecule has 2 amide bonds. The van der Waals surface area contributed by atoms with Crippen molar-refractivity contribution in [3.63, 3.8) is 0 Å². The molecular formula is C40H80N2O12S2. The van der Waals surface area contributed by atoms with Crippen LogP contribution in [0.3, 0.4) is 0 Å². The fourth-order valence-electron chi connectivity index (χ4n) is 6.44. The molecule has 0 saturated heterocycles. The van der Waals surface area contributed by atoms with Gasteiger partial charge in [-0.1, -0.05) is 117 Å². The van der Waals surface area contributed by atoms with Crippen LogP contribution in [0.4, 0.5) is 0 Å². The normalized spacial score (nSPS) is 17.3. The Kier molecular flexibility index (Phi) is 33.5. The van der Waals surface area contributed by atoms with E-state index in [1.165, 1.54) is 75.3 Å². The predicted molar refractivity (Wildman–Crippen MR) is 224 cm³/mol. The number of hydrogen-bond donors (Lipinski definition) is 10. The maximum Gasteiger partial charge on any atom is 0.223 e. The average molecular weight is 845 g/mol. The van der Waals surface area contributed by atoms with Crippen molar-refractivity contribution in [2.75, 3.05) is 38.8 Å². The van der Waals surface area contributed by atoms with E-state index in [9.17, 15) is 60.7 Å². The van der Waals surface area contributed by atoms with E-state index in [2.05, 4.69) is 13.8 Å². The Morgan fingerprint density at radius 2 is 0.696 bits per heavy atom. The number of likely N-dealkylation sites (N-methyl/N-ethyl adjacent to an activating group) is 2. The number of nitrogens with zero attached hydrogens (tertiary/aromatic N) is 2. The highest BCUT2D eigenvalue weighted by molar-refractivity contribution is 8.03. The zero-order valence-corrected chi connectivity index (χ0v) is 36.4. The van der Waals surface area contributed by atoms with Gasteiger partial charge in [0.25, 0.3) is 0 Å². The molecule has 10 N–H and O–H groups in total. The van der Waals surface area contributed by atoms with Gasteiger partial charge in [-0.25, -0.2) is 0 Å². The summed E-state index contributed by atoms with van der Waals surface area (Å²) in [5, 5.41) is 101. The van der Waals surface area contributed by atoms with Crippen molar-refractivity contribution in [1.82, 2.24) is 9.80 Å². The second-order valence-corrected chi connectivity index (χ2v) is 17.6. The number of unbranched alkanes of at least 4 members (excludes halogenated alkanes) is 16. The largest absolute Gasteiger partial charge is 0.394 e. The molecule has 0 aliphatic heterocycles. The Bertz CT molecular complexity index is 902. The number of rotatable bonds is 37. The molecule has 0 radical (unpaired) electrons. The minimum absolute atomic E-state index is 0.175. The van der Waals surface area contributed by atoms with Crippen molar-refractivity contribution in [2.24, 2.45) is 0 Å². The van der Waals surface area contributed by atoms with Gasteiger partial charge in [0.2, 0.25) is 11.8 Å². The molecule has 14 nitrogen and oxygen atoms in total. The van der Waals surface area contributed by atoms with Gasteiger partial charge < -0.3 is 60.9 Å². The van der Waals surface area contributed by atoms with Crippen LogP contribution in [0.15, 0.2) is 0 Å². The number of carbonyl (C=O) groups excluding carboxylic acids is 2. The van der Waals surface area contributed by atoms with E-state index < -0.39 is 72.8 Å². The number of aliphatic hydroxyl groups excluding tert-OH is 10. The number of aliphatic hydroxyl groups is 10. The summed E-state index contributed by atoms with van der Waals surface area (Å²) >= 11 is 2.12. The van der Waals surface area contributed by atoms with Crippen LogP contribution in [-0.4, -0.2) is 171 Å². The van der Waals surface area contributed by atoms with Crippen molar-refractivity contribution >= 4 is 35.3 Å². The lowest BCUT2D eigenvalue weighted by molar-refractivity contribution is -0.141. The van der Waals surface area contributed by atoms with E-state index in [0.717, 1.165) is 74.9 Å². The Hall–Kier alpha value is -0.760. The van der Waals surface area contributed by atoms with E-state index >= 15 is 0 Å². The number of carbonyl (C=O) groups is 2. The third-order valence-corrected chi connectivity index (χ3v) is 13.4. The van der Waals surface area contributed by atoms with Crippen LogP contribution in [0, 0.1) is 0 Å². The van der Waals surface area contributed by atoms with E-state index in [1.54, 1.807) is 0 Å². The molecule has 0 bridgehead atoms. The highest BCUT2D eigenvalue weighted by Crippen LogP contribution is 2.29. The van der Waals surface area contributed by atoms with Crippen LogP contribution in [0.1, 0.15) is 142 Å². The number of amides is 2. The van der Waals surface area contributed by atoms with Crippen LogP contribution in [0.2, 0.25) is 0 Å². The highest BCUT2D eigenvalue weighted by Gasteiger charge is 2.40. The molecule has 0 aromatic heterocycles. The Morgan fingerprint density at radius 3 is 0.964 bits per heavy atom. The summed E-state index contributed by atoms with van der Waals surface area (Å²) in [4.78, 5) is 29.1. The highest BCUT2D eigenvalue weighted by atomic mass is 32.2. The third-order valence-electron chi connectivity index (χ3n) is 10.3. The standard InChI is InChI=1S/C40H80N2O12S2/c1-5-7-9-11-13-15-17-19-21-23-31(47)41(3)39(37(53)35(51)33(49)29(45)27-43)55-25-26-56-40(38(54)36(52)34(50)30(46)28-44)42(4)32(48)24-22-20-18-16-14-12-10-8-6-2/h29-30,33-40,43-46,49-54H,5-28H2,1-4H3/t29-,30-,33-,34-,35+,36+,37-,38-,39?,40?/m1/s1. The summed E-state index contributed by atoms with van der Waals surface area (Å²) in [5.41, 5.74) is 0. The number of hydrogen-bond acceptors (Lipinski definition) is 14. The van der Waals surface area contributed by atoms with Crippen LogP contribution in [-0.2, 0) is 9.59 Å². The Labute approximate surface area is 345 Å². The molecular weight excluding hydrogens is 765 g/mol. The van der Waals surface area contributed by atoms with Gasteiger partial charge in [0.15, 0.2) is 0 Å². The van der Waals surface area contributed by atoms with Crippen LogP contribution in [0.5, 0.6) is 0 Å². The fraction of sp³-hybridized carbons (Fsp3) is 0.950. The first-order valence-corrected chi connectivity index (χ1v) is 23.2. The van der Waals surface area contributed by atoms with Crippen molar-refractivity contribution in [2.45, 2.75) is 202 Å². The third kappa shape index (κ3) is 22.6. The van der Waals surface area contributed by atoms with Gasteiger partial charge in [-0.3, -0.25) is 9.59 Å². The molecule has 0 aromatic carbocycles. The molecule has 0 saturated carbocycles. The lowest BCUT2D eigenvalue weighted by Crippen LogP contribution is -2.54. The lowest BCUT2D eigenvalue weighted by Gasteiger charge is -2.37. The van der Waals surface area contributed by atoms with Crippen LogP contribution in [0.25, 0.3) is 0 Å². The van der Waals surface area contributed by atoms with Gasteiger partial charge in [0, 0.05) is 38.4 Å². The molecule has 10 atom stereocenters. The summed E-state index contributed by atoms with van der Waals surface area (Å²) in [6.07, 6.45) is 4.98. The van der Waals surface area contributed by atoms with Gasteiger partial charge in [-0.05, 0) is 12.8 Å². The Morgan fingerprint density at radius 1 is 0.429 bits per heavy atom. The summed E-state index contributed by atoms with van der Waals surface area (Å²) in [6.45, 7) is 2.63. The minimum Gasteiger partial charge on any atom is -0.394 e. The van der Waals surface area contributed by atoms with E-state index in [0.29, 0.717) is 12.8 Å². The molecule has 0 fully saturated rings. The van der Waals surface area contributed by atoms with Gasteiger partial charge in [-0.2, -0.15) is 0 Å². The predicted octanol–water partition coefficient (Wildman–Crippen LogP) is 2.74. The second-order valence-electron chi connectivity index (χ2n) is 15.1. The summed E-state index contributed by atoms with van der Waals surface area (Å²) in [7, 11) is 2.95. The molecule has 16 heteroatoms. The van der Waals surface area contributed by atoms with Crippen LogP contribution >= 0.6 is 23.5 Å². The maximum absolute atomic E-state index is 13.3. The van der Waals surface area contributed by atoms with Crippen molar-refractivity contribution in [1.29, 1.82) is 0 Å². The van der Waals surface area contributed by atoms with Crippen molar-refractivity contribution in [3.8, 4) is 0 Å². The summed E-state index contributed by atoms with van der Waals surface area (Å²) < 4.78 is 0. The lowest BCUT2D eigenvalue weighted by atomic mass is 10.0. The molecule has 2 unspecified atom stereocenters. The molecule has 0 rings (SSSR count). The topological polar surface area (TPSA) is 243 Å². The zero-order chi connectivity index (χ0) is 42.5. The molecule has 0 aliphatic carbocycles. The first-order chi connectivity index (χ1) is 26.7. The molecule has 56 heavy (non-hydrogen) atoms. The molecule has 0 aliphatic rings. The molecule has 0 aromatic rings. The molecule has 0 heterocycles. The zero-order valence-electron chi connectivity index (χ0n) is 34.7. The van der Waals surface area contributed by atoms with Crippen LogP contribution < -0.4 is 0 Å². The summed E-state index contributed by atoms with van der Waals surface area (Å²) in [6, 6.07) is 0. The quantitative estimate of drug-likeness (QED) is 0.0320. The van der Waals surface area contributed by atoms with Gasteiger partial charge in [0.05, 0.1) is 13.2 Å². The SMILES string of the molecule is CCCCCCCCCCCC(=O)N(C)C(SCCSC([C@H](O)[C@@H](O)[C@H](O)[C@H](O)CO)N(C)C(=O)CCCCCCCCCCC)[C@H](O)[C@@H](O)[C@H](O)[C@H](O)CO.